The summed E-state index contributed by atoms with van der Waals surface area (Å²) in [5.74, 6) is 0.485. The van der Waals surface area contributed by atoms with Gasteiger partial charge in [-0.1, -0.05) is 63.5 Å². The van der Waals surface area contributed by atoms with Crippen molar-refractivity contribution in [2.24, 2.45) is 0 Å². The van der Waals surface area contributed by atoms with Crippen LogP contribution in [0.15, 0.2) is 65.1 Å². The van der Waals surface area contributed by atoms with E-state index < -0.39 is 0 Å². The summed E-state index contributed by atoms with van der Waals surface area (Å²) >= 11 is 3.45. The van der Waals surface area contributed by atoms with Gasteiger partial charge >= 0.3 is 0 Å². The summed E-state index contributed by atoms with van der Waals surface area (Å²) in [5, 5.41) is 11.8. The number of halogens is 1. The van der Waals surface area contributed by atoms with Crippen molar-refractivity contribution in [2.75, 3.05) is 0 Å². The van der Waals surface area contributed by atoms with Gasteiger partial charge in [0.15, 0.2) is 0 Å². The van der Waals surface area contributed by atoms with Gasteiger partial charge < -0.3 is 0 Å². The molecule has 22 heavy (non-hydrogen) atoms. The molecule has 0 atom stereocenters. The van der Waals surface area contributed by atoms with Crippen molar-refractivity contribution >= 4 is 21.7 Å². The number of hydrogen-bond donors (Lipinski definition) is 0. The molecule has 0 fully saturated rings. The van der Waals surface area contributed by atoms with Crippen LogP contribution in [0.4, 0.5) is 0 Å². The fraction of sp³-hybridized carbons (Fsp3) is 0. The van der Waals surface area contributed by atoms with Crippen LogP contribution >= 0.6 is 15.9 Å². The summed E-state index contributed by atoms with van der Waals surface area (Å²) in [6.07, 6.45) is 0. The number of hydrogen-bond acceptors (Lipinski definition) is 4. The van der Waals surface area contributed by atoms with Crippen LogP contribution in [0.1, 0.15) is 0 Å². The summed E-state index contributed by atoms with van der Waals surface area (Å²) in [6, 6.07) is 20.0. The van der Waals surface area contributed by atoms with Gasteiger partial charge in [0.2, 0.25) is 0 Å². The molecular weight excluding hydrogens is 342 g/mol. The molecule has 0 aliphatic heterocycles. The second-order valence-corrected chi connectivity index (χ2v) is 5.71. The maximum absolute atomic E-state index is 4.53. The first kappa shape index (κ1) is 13.1. The Morgan fingerprint density at radius 2 is 1.64 bits per heavy atom. The molecule has 0 saturated carbocycles. The Bertz CT molecular complexity index is 932. The van der Waals surface area contributed by atoms with E-state index in [0.29, 0.717) is 5.78 Å². The summed E-state index contributed by atoms with van der Waals surface area (Å²) in [4.78, 5) is 4.53. The predicted octanol–water partition coefficient (Wildman–Crippen LogP) is 3.62. The maximum Gasteiger partial charge on any atom is 0.274 e. The van der Waals surface area contributed by atoms with Gasteiger partial charge in [-0.15, -0.1) is 0 Å². The highest BCUT2D eigenvalue weighted by Crippen LogP contribution is 2.26. The zero-order valence-electron chi connectivity index (χ0n) is 11.4. The van der Waals surface area contributed by atoms with Crippen LogP contribution in [0.5, 0.6) is 0 Å². The number of rotatable bonds is 2. The van der Waals surface area contributed by atoms with Crippen LogP contribution in [-0.2, 0) is 0 Å². The van der Waals surface area contributed by atoms with Gasteiger partial charge in [0.25, 0.3) is 5.78 Å². The summed E-state index contributed by atoms with van der Waals surface area (Å²) < 4.78 is 2.68. The van der Waals surface area contributed by atoms with Gasteiger partial charge in [-0.05, 0) is 28.6 Å². The molecule has 4 rings (SSSR count). The zero-order chi connectivity index (χ0) is 14.9. The van der Waals surface area contributed by atoms with E-state index in [1.54, 1.807) is 4.52 Å². The minimum absolute atomic E-state index is 0.485. The van der Waals surface area contributed by atoms with Gasteiger partial charge in [-0.25, -0.2) is 4.98 Å². The fourth-order valence-electron chi connectivity index (χ4n) is 2.32. The molecule has 0 bridgehead atoms. The van der Waals surface area contributed by atoms with Crippen molar-refractivity contribution in [1.82, 2.24) is 25.0 Å². The molecule has 4 aromatic rings. The van der Waals surface area contributed by atoms with Crippen LogP contribution in [0.3, 0.4) is 0 Å². The Morgan fingerprint density at radius 1 is 0.864 bits per heavy atom. The number of aromatic nitrogens is 5. The molecule has 106 valence electrons. The van der Waals surface area contributed by atoms with Crippen LogP contribution in [0.2, 0.25) is 0 Å². The number of tetrazole rings is 1. The van der Waals surface area contributed by atoms with Crippen molar-refractivity contribution in [3.8, 4) is 22.5 Å². The quantitative estimate of drug-likeness (QED) is 0.553. The smallest absolute Gasteiger partial charge is 0.210 e. The molecule has 0 unspecified atom stereocenters. The average molecular weight is 352 g/mol. The van der Waals surface area contributed by atoms with Crippen molar-refractivity contribution in [3.63, 3.8) is 0 Å². The Hall–Kier alpha value is -2.60. The highest BCUT2D eigenvalue weighted by atomic mass is 79.9. The first-order valence-corrected chi connectivity index (χ1v) is 7.51. The van der Waals surface area contributed by atoms with E-state index in [-0.39, 0.29) is 0 Å². The maximum atomic E-state index is 4.53. The van der Waals surface area contributed by atoms with Crippen molar-refractivity contribution in [1.29, 1.82) is 0 Å². The normalized spacial score (nSPS) is 11.0. The molecule has 0 radical (unpaired) electrons. The molecule has 0 saturated heterocycles. The molecule has 0 aliphatic rings. The molecule has 0 amide bonds. The second-order valence-electron chi connectivity index (χ2n) is 4.79. The lowest BCUT2D eigenvalue weighted by atomic mass is 10.1. The zero-order valence-corrected chi connectivity index (χ0v) is 13.0. The van der Waals surface area contributed by atoms with E-state index in [0.717, 1.165) is 27.0 Å². The molecule has 2 aromatic heterocycles. The van der Waals surface area contributed by atoms with Gasteiger partial charge in [-0.2, -0.15) is 4.52 Å². The molecule has 0 spiro atoms. The molecular formula is C16H10BrN5. The van der Waals surface area contributed by atoms with E-state index in [1.807, 2.05) is 60.7 Å². The van der Waals surface area contributed by atoms with Gasteiger partial charge in [-0.3, -0.25) is 0 Å². The highest BCUT2D eigenvalue weighted by Gasteiger charge is 2.11. The van der Waals surface area contributed by atoms with Gasteiger partial charge in [0.05, 0.1) is 11.4 Å². The van der Waals surface area contributed by atoms with E-state index in [2.05, 4.69) is 36.4 Å². The lowest BCUT2D eigenvalue weighted by molar-refractivity contribution is 0.826. The van der Waals surface area contributed by atoms with Gasteiger partial charge in [0.1, 0.15) is 0 Å². The molecule has 5 nitrogen and oxygen atoms in total. The second kappa shape index (κ2) is 5.31. The third-order valence-corrected chi connectivity index (χ3v) is 3.91. The van der Waals surface area contributed by atoms with E-state index in [1.165, 1.54) is 0 Å². The van der Waals surface area contributed by atoms with Crippen LogP contribution in [-0.4, -0.2) is 25.0 Å². The first-order valence-electron chi connectivity index (χ1n) is 6.72. The van der Waals surface area contributed by atoms with Crippen LogP contribution in [0.25, 0.3) is 28.3 Å². The SMILES string of the molecule is Brc1ccc(-c2cc(-c3ccccc3)nc3nnnn23)cc1. The predicted molar refractivity (Wildman–Crippen MR) is 87.1 cm³/mol. The van der Waals surface area contributed by atoms with E-state index >= 15 is 0 Å². The minimum Gasteiger partial charge on any atom is -0.210 e. The third-order valence-electron chi connectivity index (χ3n) is 3.38. The van der Waals surface area contributed by atoms with Crippen LogP contribution < -0.4 is 0 Å². The lowest BCUT2D eigenvalue weighted by Crippen LogP contribution is -1.98. The first-order chi connectivity index (χ1) is 10.8. The molecule has 0 aliphatic carbocycles. The number of nitrogens with zero attached hydrogens (tertiary/aromatic N) is 5. The molecule has 0 N–H and O–H groups in total. The number of fused-ring (bicyclic) bond motifs is 1. The molecule has 6 heteroatoms. The summed E-state index contributed by atoms with van der Waals surface area (Å²) in [6.45, 7) is 0. The minimum atomic E-state index is 0.485. The topological polar surface area (TPSA) is 56.0 Å². The Labute approximate surface area is 134 Å². The lowest BCUT2D eigenvalue weighted by Gasteiger charge is -2.07. The monoisotopic (exact) mass is 351 g/mol. The largest absolute Gasteiger partial charge is 0.274 e. The Kier molecular flexibility index (Phi) is 3.16. The standard InChI is InChI=1S/C16H10BrN5/c17-13-8-6-12(7-9-13)15-10-14(11-4-2-1-3-5-11)18-16-19-20-21-22(15)16/h1-10H. The van der Waals surface area contributed by atoms with Crippen molar-refractivity contribution in [2.45, 2.75) is 0 Å². The summed E-state index contributed by atoms with van der Waals surface area (Å²) in [7, 11) is 0. The highest BCUT2D eigenvalue weighted by molar-refractivity contribution is 9.10. The third kappa shape index (κ3) is 2.27. The van der Waals surface area contributed by atoms with E-state index in [4.69, 9.17) is 0 Å². The molecule has 2 heterocycles. The van der Waals surface area contributed by atoms with Crippen LogP contribution in [0, 0.1) is 0 Å². The molecule has 2 aromatic carbocycles. The average Bonchev–Trinajstić information content (AvgIpc) is 3.04. The van der Waals surface area contributed by atoms with E-state index in [9.17, 15) is 0 Å². The van der Waals surface area contributed by atoms with Crippen molar-refractivity contribution in [3.05, 3.63) is 65.1 Å². The van der Waals surface area contributed by atoms with Crippen molar-refractivity contribution < 1.29 is 0 Å². The number of benzene rings is 2. The Balaban J connectivity index is 1.97. The van der Waals surface area contributed by atoms with Gasteiger partial charge in [0, 0.05) is 15.6 Å². The Morgan fingerprint density at radius 3 is 2.41 bits per heavy atom. The fourth-order valence-corrected chi connectivity index (χ4v) is 2.59. The summed E-state index contributed by atoms with van der Waals surface area (Å²) in [5.41, 5.74) is 3.81.